The minimum absolute atomic E-state index is 0.848. The highest BCUT2D eigenvalue weighted by molar-refractivity contribution is 14.1. The maximum atomic E-state index is 5.12. The predicted molar refractivity (Wildman–Crippen MR) is 84.0 cm³/mol. The van der Waals surface area contributed by atoms with Gasteiger partial charge in [0.2, 0.25) is 0 Å². The first kappa shape index (κ1) is 13.1. The molecular weight excluding hydrogens is 337 g/mol. The molecule has 0 heterocycles. The van der Waals surface area contributed by atoms with Gasteiger partial charge in [0.05, 0.1) is 12.8 Å². The van der Waals surface area contributed by atoms with Gasteiger partial charge in [-0.05, 0) is 71.5 Å². The van der Waals surface area contributed by atoms with Crippen molar-refractivity contribution in [1.29, 1.82) is 0 Å². The van der Waals surface area contributed by atoms with E-state index in [1.54, 1.807) is 7.11 Å². The first-order valence-corrected chi connectivity index (χ1v) is 6.72. The van der Waals surface area contributed by atoms with Crippen molar-refractivity contribution in [1.82, 2.24) is 0 Å². The van der Waals surface area contributed by atoms with Crippen LogP contribution in [0.3, 0.4) is 0 Å². The predicted octanol–water partition coefficient (Wildman–Crippen LogP) is 4.44. The summed E-state index contributed by atoms with van der Waals surface area (Å²) in [5.41, 5.74) is 3.09. The van der Waals surface area contributed by atoms with Crippen LogP contribution in [0, 0.1) is 3.57 Å². The second-order valence-electron chi connectivity index (χ2n) is 3.90. The maximum absolute atomic E-state index is 5.12. The highest BCUT2D eigenvalue weighted by Gasteiger charge is 1.98. The molecule has 2 aromatic carbocycles. The van der Waals surface area contributed by atoms with Gasteiger partial charge in [-0.3, -0.25) is 4.99 Å². The summed E-state index contributed by atoms with van der Waals surface area (Å²) in [6.07, 6.45) is 0. The molecule has 0 aliphatic carbocycles. The topological polar surface area (TPSA) is 21.6 Å². The van der Waals surface area contributed by atoms with Gasteiger partial charge in [-0.25, -0.2) is 0 Å². The molecule has 2 aromatic rings. The number of nitrogens with zero attached hydrogens (tertiary/aromatic N) is 1. The Morgan fingerprint density at radius 2 is 1.61 bits per heavy atom. The molecule has 0 aliphatic rings. The number of hydrogen-bond donors (Lipinski definition) is 0. The Labute approximate surface area is 121 Å². The van der Waals surface area contributed by atoms with Crippen molar-refractivity contribution >= 4 is 34.0 Å². The molecule has 0 amide bonds. The average Bonchev–Trinajstić information content (AvgIpc) is 2.40. The van der Waals surface area contributed by atoms with Gasteiger partial charge in [-0.1, -0.05) is 12.1 Å². The van der Waals surface area contributed by atoms with Crippen molar-refractivity contribution in [3.8, 4) is 5.75 Å². The van der Waals surface area contributed by atoms with Gasteiger partial charge in [0.15, 0.2) is 0 Å². The number of methoxy groups -OCH3 is 1. The molecule has 2 nitrogen and oxygen atoms in total. The molecular formula is C15H14INO. The minimum Gasteiger partial charge on any atom is -0.497 e. The summed E-state index contributed by atoms with van der Waals surface area (Å²) in [5, 5.41) is 0. The summed E-state index contributed by atoms with van der Waals surface area (Å²) in [5.74, 6) is 0.848. The zero-order valence-electron chi connectivity index (χ0n) is 10.4. The third kappa shape index (κ3) is 3.32. The average molecular weight is 351 g/mol. The molecule has 0 spiro atoms. The summed E-state index contributed by atoms with van der Waals surface area (Å²) in [4.78, 5) is 4.59. The van der Waals surface area contributed by atoms with Gasteiger partial charge in [-0.15, -0.1) is 0 Å². The summed E-state index contributed by atoms with van der Waals surface area (Å²) in [6, 6.07) is 16.1. The van der Waals surface area contributed by atoms with Crippen LogP contribution in [0.1, 0.15) is 12.5 Å². The molecule has 92 valence electrons. The molecule has 0 saturated carbocycles. The quantitative estimate of drug-likeness (QED) is 0.592. The van der Waals surface area contributed by atoms with E-state index in [1.807, 2.05) is 31.2 Å². The number of aliphatic imine (C=N–C) groups is 1. The lowest BCUT2D eigenvalue weighted by molar-refractivity contribution is 0.415. The lowest BCUT2D eigenvalue weighted by Crippen LogP contribution is -1.93. The highest BCUT2D eigenvalue weighted by Crippen LogP contribution is 2.19. The number of benzene rings is 2. The molecule has 0 atom stereocenters. The first-order valence-electron chi connectivity index (χ1n) is 5.64. The fraction of sp³-hybridized carbons (Fsp3) is 0.133. The SMILES string of the molecule is COc1ccc(N=C(C)c2ccc(I)cc2)cc1. The lowest BCUT2D eigenvalue weighted by Gasteiger charge is -2.03. The normalized spacial score (nSPS) is 11.4. The molecule has 3 heteroatoms. The third-order valence-electron chi connectivity index (χ3n) is 2.63. The van der Waals surface area contributed by atoms with Crippen LogP contribution in [-0.4, -0.2) is 12.8 Å². The van der Waals surface area contributed by atoms with E-state index in [9.17, 15) is 0 Å². The van der Waals surface area contributed by atoms with Crippen molar-refractivity contribution in [2.75, 3.05) is 7.11 Å². The van der Waals surface area contributed by atoms with Crippen LogP contribution in [0.2, 0.25) is 0 Å². The molecule has 0 N–H and O–H groups in total. The zero-order valence-corrected chi connectivity index (χ0v) is 12.5. The van der Waals surface area contributed by atoms with Crippen LogP contribution in [-0.2, 0) is 0 Å². The maximum Gasteiger partial charge on any atom is 0.119 e. The van der Waals surface area contributed by atoms with E-state index >= 15 is 0 Å². The molecule has 0 unspecified atom stereocenters. The smallest absolute Gasteiger partial charge is 0.119 e. The fourth-order valence-corrected chi connectivity index (χ4v) is 1.97. The van der Waals surface area contributed by atoms with Crippen molar-refractivity contribution in [3.63, 3.8) is 0 Å². The van der Waals surface area contributed by atoms with Crippen LogP contribution in [0.25, 0.3) is 0 Å². The molecule has 0 fully saturated rings. The second-order valence-corrected chi connectivity index (χ2v) is 5.15. The van der Waals surface area contributed by atoms with Crippen LogP contribution >= 0.6 is 22.6 Å². The number of ether oxygens (including phenoxy) is 1. The summed E-state index contributed by atoms with van der Waals surface area (Å²) >= 11 is 2.30. The fourth-order valence-electron chi connectivity index (χ4n) is 1.61. The van der Waals surface area contributed by atoms with Crippen LogP contribution in [0.15, 0.2) is 53.5 Å². The Morgan fingerprint density at radius 1 is 1.00 bits per heavy atom. The molecule has 0 saturated heterocycles. The van der Waals surface area contributed by atoms with Gasteiger partial charge in [-0.2, -0.15) is 0 Å². The van der Waals surface area contributed by atoms with E-state index in [-0.39, 0.29) is 0 Å². The van der Waals surface area contributed by atoms with Crippen LogP contribution < -0.4 is 4.74 Å². The van der Waals surface area contributed by atoms with Crippen molar-refractivity contribution in [2.24, 2.45) is 4.99 Å². The Bertz CT molecular complexity index is 544. The summed E-state index contributed by atoms with van der Waals surface area (Å²) in [6.45, 7) is 2.02. The van der Waals surface area contributed by atoms with Gasteiger partial charge in [0.1, 0.15) is 5.75 Å². The summed E-state index contributed by atoms with van der Waals surface area (Å²) in [7, 11) is 1.66. The van der Waals surface area contributed by atoms with E-state index in [0.29, 0.717) is 0 Å². The van der Waals surface area contributed by atoms with Crippen LogP contribution in [0.5, 0.6) is 5.75 Å². The number of rotatable bonds is 3. The molecule has 18 heavy (non-hydrogen) atoms. The molecule has 0 radical (unpaired) electrons. The largest absolute Gasteiger partial charge is 0.497 e. The molecule has 0 aliphatic heterocycles. The zero-order chi connectivity index (χ0) is 13.0. The minimum atomic E-state index is 0.848. The first-order chi connectivity index (χ1) is 8.69. The molecule has 2 rings (SSSR count). The van der Waals surface area contributed by atoms with Crippen molar-refractivity contribution in [3.05, 3.63) is 57.7 Å². The monoisotopic (exact) mass is 351 g/mol. The van der Waals surface area contributed by atoms with Gasteiger partial charge >= 0.3 is 0 Å². The van der Waals surface area contributed by atoms with E-state index in [1.165, 1.54) is 3.57 Å². The van der Waals surface area contributed by atoms with E-state index in [0.717, 1.165) is 22.7 Å². The Morgan fingerprint density at radius 3 is 2.17 bits per heavy atom. The van der Waals surface area contributed by atoms with E-state index in [2.05, 4.69) is 51.8 Å². The Kier molecular flexibility index (Phi) is 4.36. The van der Waals surface area contributed by atoms with Gasteiger partial charge in [0, 0.05) is 9.28 Å². The summed E-state index contributed by atoms with van der Waals surface area (Å²) < 4.78 is 6.35. The van der Waals surface area contributed by atoms with Gasteiger partial charge < -0.3 is 4.74 Å². The second kappa shape index (κ2) is 6.00. The number of hydrogen-bond acceptors (Lipinski definition) is 2. The standard InChI is InChI=1S/C15H14INO/c1-11(12-3-5-13(16)6-4-12)17-14-7-9-15(18-2)10-8-14/h3-10H,1-2H3. The Hall–Kier alpha value is -1.36. The molecule has 0 aromatic heterocycles. The third-order valence-corrected chi connectivity index (χ3v) is 3.35. The van der Waals surface area contributed by atoms with Crippen LogP contribution in [0.4, 0.5) is 5.69 Å². The van der Waals surface area contributed by atoms with Crippen molar-refractivity contribution in [2.45, 2.75) is 6.92 Å². The number of halogens is 1. The van der Waals surface area contributed by atoms with E-state index < -0.39 is 0 Å². The van der Waals surface area contributed by atoms with Crippen molar-refractivity contribution < 1.29 is 4.74 Å². The van der Waals surface area contributed by atoms with E-state index in [4.69, 9.17) is 4.74 Å². The lowest BCUT2D eigenvalue weighted by atomic mass is 10.1. The highest BCUT2D eigenvalue weighted by atomic mass is 127. The Balaban J connectivity index is 2.23. The van der Waals surface area contributed by atoms with Gasteiger partial charge in [0.25, 0.3) is 0 Å². The molecule has 0 bridgehead atoms.